The van der Waals surface area contributed by atoms with E-state index in [0.717, 1.165) is 31.8 Å². The van der Waals surface area contributed by atoms with E-state index in [1.54, 1.807) is 0 Å². The first kappa shape index (κ1) is 19.3. The number of rotatable bonds is 7. The minimum absolute atomic E-state index is 0.135. The Morgan fingerprint density at radius 2 is 2.00 bits per heavy atom. The van der Waals surface area contributed by atoms with E-state index in [-0.39, 0.29) is 11.8 Å². The highest BCUT2D eigenvalue weighted by Gasteiger charge is 2.35. The fourth-order valence-electron chi connectivity index (χ4n) is 3.65. The van der Waals surface area contributed by atoms with Crippen LogP contribution < -0.4 is 4.90 Å². The molecule has 0 saturated carbocycles. The monoisotopic (exact) mass is 395 g/mol. The Bertz CT molecular complexity index is 903. The Balaban J connectivity index is 1.82. The highest BCUT2D eigenvalue weighted by molar-refractivity contribution is 7.91. The Hall–Kier alpha value is -1.51. The van der Waals surface area contributed by atoms with E-state index in [1.807, 2.05) is 22.9 Å². The highest BCUT2D eigenvalue weighted by Crippen LogP contribution is 2.11. The summed E-state index contributed by atoms with van der Waals surface area (Å²) >= 11 is 5.65. The molecule has 1 aliphatic rings. The molecule has 2 heterocycles. The molecule has 0 spiro atoms. The van der Waals surface area contributed by atoms with Crippen LogP contribution in [0.2, 0.25) is 0 Å². The van der Waals surface area contributed by atoms with Gasteiger partial charge in [-0.25, -0.2) is 8.42 Å². The standard InChI is InChI=1S/C18H26N4O2S2/c1-3-20(16-10-11-26(23,24)13-16)14-22-18(25)21(4-2)17(19-22)12-15-8-6-5-7-9-15/h5-9,16H,3-4,10-14H2,1-2H3/p+1/t16-/m1/s1. The van der Waals surface area contributed by atoms with Crippen molar-refractivity contribution in [2.24, 2.45) is 0 Å². The van der Waals surface area contributed by atoms with Gasteiger partial charge < -0.3 is 9.47 Å². The van der Waals surface area contributed by atoms with Gasteiger partial charge in [-0.05, 0) is 31.6 Å². The van der Waals surface area contributed by atoms with Gasteiger partial charge >= 0.3 is 0 Å². The molecule has 0 radical (unpaired) electrons. The van der Waals surface area contributed by atoms with Crippen molar-refractivity contribution in [3.63, 3.8) is 0 Å². The molecule has 1 fully saturated rings. The molecule has 1 N–H and O–H groups in total. The zero-order valence-corrected chi connectivity index (χ0v) is 17.0. The van der Waals surface area contributed by atoms with Gasteiger partial charge in [-0.3, -0.25) is 0 Å². The van der Waals surface area contributed by atoms with Crippen LogP contribution in [0.5, 0.6) is 0 Å². The molecule has 1 aromatic carbocycles. The summed E-state index contributed by atoms with van der Waals surface area (Å²) in [6.45, 7) is 6.41. The summed E-state index contributed by atoms with van der Waals surface area (Å²) < 4.78 is 28.3. The molecule has 2 atom stereocenters. The molecule has 26 heavy (non-hydrogen) atoms. The van der Waals surface area contributed by atoms with Crippen molar-refractivity contribution >= 4 is 22.1 Å². The van der Waals surface area contributed by atoms with E-state index in [1.165, 1.54) is 10.5 Å². The van der Waals surface area contributed by atoms with Crippen molar-refractivity contribution in [2.45, 2.75) is 45.9 Å². The minimum Gasteiger partial charge on any atom is -0.313 e. The number of benzene rings is 1. The first-order valence-electron chi connectivity index (χ1n) is 9.19. The van der Waals surface area contributed by atoms with Crippen LogP contribution in [0.4, 0.5) is 0 Å². The average Bonchev–Trinajstić information content (AvgIpc) is 3.12. The third-order valence-electron chi connectivity index (χ3n) is 5.14. The molecule has 0 bridgehead atoms. The lowest BCUT2D eigenvalue weighted by molar-refractivity contribution is -0.943. The maximum atomic E-state index is 11.8. The topological polar surface area (TPSA) is 61.3 Å². The molecular weight excluding hydrogens is 368 g/mol. The normalized spacial score (nSPS) is 20.3. The maximum absolute atomic E-state index is 11.8. The molecule has 142 valence electrons. The van der Waals surface area contributed by atoms with Crippen molar-refractivity contribution in [1.29, 1.82) is 0 Å². The van der Waals surface area contributed by atoms with Crippen molar-refractivity contribution in [1.82, 2.24) is 14.3 Å². The van der Waals surface area contributed by atoms with Crippen molar-refractivity contribution < 1.29 is 13.3 Å². The second-order valence-corrected chi connectivity index (χ2v) is 9.47. The number of quaternary nitrogens is 1. The van der Waals surface area contributed by atoms with Crippen LogP contribution in [0.25, 0.3) is 0 Å². The maximum Gasteiger partial charge on any atom is 0.202 e. The predicted octanol–water partition coefficient (Wildman–Crippen LogP) is 1.07. The zero-order chi connectivity index (χ0) is 18.7. The van der Waals surface area contributed by atoms with Gasteiger partial charge in [0.25, 0.3) is 0 Å². The Morgan fingerprint density at radius 1 is 1.27 bits per heavy atom. The second-order valence-electron chi connectivity index (χ2n) is 6.87. The summed E-state index contributed by atoms with van der Waals surface area (Å²) in [5, 5.41) is 4.78. The van der Waals surface area contributed by atoms with Crippen LogP contribution in [0, 0.1) is 4.77 Å². The molecule has 1 aromatic heterocycles. The number of aromatic nitrogens is 3. The van der Waals surface area contributed by atoms with Crippen LogP contribution in [-0.2, 0) is 29.5 Å². The van der Waals surface area contributed by atoms with Crippen LogP contribution in [0.15, 0.2) is 30.3 Å². The molecule has 1 saturated heterocycles. The Morgan fingerprint density at radius 3 is 2.58 bits per heavy atom. The molecule has 2 aromatic rings. The SMILES string of the molecule is CCn1c(Cc2ccccc2)nn(C[NH+](CC)[C@@H]2CCS(=O)(=O)C2)c1=S. The van der Waals surface area contributed by atoms with E-state index in [4.69, 9.17) is 17.3 Å². The number of nitrogens with one attached hydrogen (secondary N) is 1. The zero-order valence-electron chi connectivity index (χ0n) is 15.4. The van der Waals surface area contributed by atoms with E-state index in [9.17, 15) is 8.42 Å². The average molecular weight is 396 g/mol. The Labute approximate surface area is 160 Å². The summed E-state index contributed by atoms with van der Waals surface area (Å²) in [5.74, 6) is 1.53. The molecule has 3 rings (SSSR count). The van der Waals surface area contributed by atoms with Gasteiger partial charge in [0, 0.05) is 19.4 Å². The van der Waals surface area contributed by atoms with Crippen LogP contribution in [-0.4, -0.2) is 46.9 Å². The van der Waals surface area contributed by atoms with E-state index >= 15 is 0 Å². The van der Waals surface area contributed by atoms with Crippen LogP contribution in [0.3, 0.4) is 0 Å². The van der Waals surface area contributed by atoms with Crippen molar-refractivity contribution in [3.05, 3.63) is 46.5 Å². The first-order valence-corrected chi connectivity index (χ1v) is 11.4. The molecule has 1 unspecified atom stereocenters. The van der Waals surface area contributed by atoms with Gasteiger partial charge in [0.1, 0.15) is 17.6 Å². The lowest BCUT2D eigenvalue weighted by Crippen LogP contribution is -3.15. The quantitative estimate of drug-likeness (QED) is 0.713. The third kappa shape index (κ3) is 4.24. The van der Waals surface area contributed by atoms with Gasteiger partial charge in [0.05, 0.1) is 12.3 Å². The number of sulfone groups is 1. The summed E-state index contributed by atoms with van der Waals surface area (Å²) in [7, 11) is -2.88. The summed E-state index contributed by atoms with van der Waals surface area (Å²) in [4.78, 5) is 1.23. The lowest BCUT2D eigenvalue weighted by Gasteiger charge is -2.23. The van der Waals surface area contributed by atoms with Gasteiger partial charge in [-0.15, -0.1) is 0 Å². The van der Waals surface area contributed by atoms with Gasteiger partial charge in [0.15, 0.2) is 16.5 Å². The van der Waals surface area contributed by atoms with Crippen LogP contribution >= 0.6 is 12.2 Å². The first-order chi connectivity index (χ1) is 12.4. The lowest BCUT2D eigenvalue weighted by atomic mass is 10.1. The molecule has 0 aliphatic carbocycles. The van der Waals surface area contributed by atoms with Gasteiger partial charge in [-0.2, -0.15) is 9.78 Å². The Kier molecular flexibility index (Phi) is 5.94. The summed E-state index contributed by atoms with van der Waals surface area (Å²) in [5.41, 5.74) is 1.20. The van der Waals surface area contributed by atoms with Gasteiger partial charge in [-0.1, -0.05) is 30.3 Å². The number of hydrogen-bond acceptors (Lipinski definition) is 4. The molecule has 6 nitrogen and oxygen atoms in total. The molecular formula is C18H27N4O2S2+. The largest absolute Gasteiger partial charge is 0.313 e. The fourth-order valence-corrected chi connectivity index (χ4v) is 5.82. The number of nitrogens with zero attached hydrogens (tertiary/aromatic N) is 3. The van der Waals surface area contributed by atoms with Crippen LogP contribution in [0.1, 0.15) is 31.7 Å². The van der Waals surface area contributed by atoms with Crippen molar-refractivity contribution in [2.75, 3.05) is 18.1 Å². The smallest absolute Gasteiger partial charge is 0.202 e. The molecule has 8 heteroatoms. The summed E-state index contributed by atoms with van der Waals surface area (Å²) in [6.07, 6.45) is 1.47. The molecule has 0 amide bonds. The fraction of sp³-hybridized carbons (Fsp3) is 0.556. The minimum atomic E-state index is -2.88. The van der Waals surface area contributed by atoms with E-state index in [2.05, 4.69) is 30.5 Å². The predicted molar refractivity (Wildman–Crippen MR) is 105 cm³/mol. The third-order valence-corrected chi connectivity index (χ3v) is 7.34. The summed E-state index contributed by atoms with van der Waals surface area (Å²) in [6, 6.07) is 10.4. The van der Waals surface area contributed by atoms with Gasteiger partial charge in [0.2, 0.25) is 4.77 Å². The number of hydrogen-bond donors (Lipinski definition) is 1. The van der Waals surface area contributed by atoms with E-state index < -0.39 is 9.84 Å². The second kappa shape index (κ2) is 8.02. The van der Waals surface area contributed by atoms with E-state index in [0.29, 0.717) is 17.2 Å². The van der Waals surface area contributed by atoms with Crippen molar-refractivity contribution in [3.8, 4) is 0 Å². The molecule has 1 aliphatic heterocycles. The highest BCUT2D eigenvalue weighted by atomic mass is 32.2.